The molecule has 1 aromatic rings. The van der Waals surface area contributed by atoms with Crippen LogP contribution in [0.2, 0.25) is 5.02 Å². The Kier molecular flexibility index (Phi) is 7.00. The minimum atomic E-state index is 0.201. The SMILES string of the molecule is NCC(NCCCCCO)c1cc(Cl)cs1. The molecule has 0 saturated heterocycles. The summed E-state index contributed by atoms with van der Waals surface area (Å²) < 4.78 is 0. The molecule has 0 aromatic carbocycles. The first-order valence-corrected chi connectivity index (χ1v) is 6.82. The summed E-state index contributed by atoms with van der Waals surface area (Å²) in [5.41, 5.74) is 5.72. The number of rotatable bonds is 8. The average molecular weight is 263 g/mol. The Morgan fingerprint density at radius 1 is 1.44 bits per heavy atom. The molecule has 1 atom stereocenters. The van der Waals surface area contributed by atoms with Crippen LogP contribution in [-0.4, -0.2) is 24.8 Å². The summed E-state index contributed by atoms with van der Waals surface area (Å²) in [7, 11) is 0. The van der Waals surface area contributed by atoms with E-state index < -0.39 is 0 Å². The second kappa shape index (κ2) is 8.03. The molecule has 92 valence electrons. The van der Waals surface area contributed by atoms with E-state index in [-0.39, 0.29) is 12.6 Å². The first-order chi connectivity index (χ1) is 7.77. The minimum absolute atomic E-state index is 0.201. The summed E-state index contributed by atoms with van der Waals surface area (Å²) >= 11 is 7.51. The number of thiophene rings is 1. The fourth-order valence-corrected chi connectivity index (χ4v) is 2.67. The van der Waals surface area contributed by atoms with Crippen LogP contribution in [0.25, 0.3) is 0 Å². The van der Waals surface area contributed by atoms with Gasteiger partial charge in [0.15, 0.2) is 0 Å². The van der Waals surface area contributed by atoms with E-state index in [2.05, 4.69) is 5.32 Å². The molecular weight excluding hydrogens is 244 g/mol. The molecule has 0 aliphatic heterocycles. The van der Waals surface area contributed by atoms with E-state index in [9.17, 15) is 0 Å². The highest BCUT2D eigenvalue weighted by Gasteiger charge is 2.10. The van der Waals surface area contributed by atoms with Crippen molar-refractivity contribution in [1.29, 1.82) is 0 Å². The van der Waals surface area contributed by atoms with Crippen LogP contribution in [-0.2, 0) is 0 Å². The molecule has 1 aromatic heterocycles. The summed E-state index contributed by atoms with van der Waals surface area (Å²) in [6, 6.07) is 2.16. The smallest absolute Gasteiger partial charge is 0.0539 e. The molecule has 3 nitrogen and oxygen atoms in total. The standard InChI is InChI=1S/C11H19ClN2OS/c12-9-6-11(16-8-9)10(7-13)14-4-2-1-3-5-15/h6,8,10,14-15H,1-5,7,13H2. The van der Waals surface area contributed by atoms with Crippen LogP contribution in [0.15, 0.2) is 11.4 Å². The molecule has 0 aliphatic carbocycles. The van der Waals surface area contributed by atoms with E-state index in [1.54, 1.807) is 11.3 Å². The number of hydrogen-bond donors (Lipinski definition) is 3. The zero-order valence-corrected chi connectivity index (χ0v) is 10.9. The number of aliphatic hydroxyl groups excluding tert-OH is 1. The van der Waals surface area contributed by atoms with E-state index in [1.165, 1.54) is 4.88 Å². The fraction of sp³-hybridized carbons (Fsp3) is 0.636. The lowest BCUT2D eigenvalue weighted by Gasteiger charge is -2.14. The average Bonchev–Trinajstić information content (AvgIpc) is 2.70. The van der Waals surface area contributed by atoms with Crippen molar-refractivity contribution in [3.8, 4) is 0 Å². The van der Waals surface area contributed by atoms with Gasteiger partial charge in [-0.25, -0.2) is 0 Å². The maximum atomic E-state index is 8.65. The number of nitrogens with two attached hydrogens (primary N) is 1. The Balaban J connectivity index is 2.27. The van der Waals surface area contributed by atoms with Gasteiger partial charge in [-0.3, -0.25) is 0 Å². The summed E-state index contributed by atoms with van der Waals surface area (Å²) in [6.07, 6.45) is 2.99. The summed E-state index contributed by atoms with van der Waals surface area (Å²) in [6.45, 7) is 1.79. The summed E-state index contributed by atoms with van der Waals surface area (Å²) in [4.78, 5) is 1.19. The minimum Gasteiger partial charge on any atom is -0.396 e. The third-order valence-corrected chi connectivity index (χ3v) is 3.79. The lowest BCUT2D eigenvalue weighted by atomic mass is 10.2. The Morgan fingerprint density at radius 2 is 2.25 bits per heavy atom. The van der Waals surface area contributed by atoms with Crippen molar-refractivity contribution in [1.82, 2.24) is 5.32 Å². The van der Waals surface area contributed by atoms with Gasteiger partial charge in [0.1, 0.15) is 0 Å². The van der Waals surface area contributed by atoms with Gasteiger partial charge in [0.05, 0.1) is 11.1 Å². The van der Waals surface area contributed by atoms with E-state index in [1.807, 2.05) is 11.4 Å². The van der Waals surface area contributed by atoms with Gasteiger partial charge >= 0.3 is 0 Å². The number of hydrogen-bond acceptors (Lipinski definition) is 4. The third kappa shape index (κ3) is 4.80. The lowest BCUT2D eigenvalue weighted by Crippen LogP contribution is -2.28. The molecule has 0 aliphatic rings. The fourth-order valence-electron chi connectivity index (χ4n) is 1.50. The van der Waals surface area contributed by atoms with E-state index in [0.717, 1.165) is 30.8 Å². The van der Waals surface area contributed by atoms with Crippen molar-refractivity contribution in [2.24, 2.45) is 5.73 Å². The van der Waals surface area contributed by atoms with Crippen LogP contribution in [0.3, 0.4) is 0 Å². The topological polar surface area (TPSA) is 58.3 Å². The molecule has 0 fully saturated rings. The normalized spacial score (nSPS) is 12.9. The predicted octanol–water partition coefficient (Wildman–Crippen LogP) is 2.15. The van der Waals surface area contributed by atoms with Crippen molar-refractivity contribution in [2.75, 3.05) is 19.7 Å². The molecule has 0 radical (unpaired) electrons. The van der Waals surface area contributed by atoms with Gasteiger partial charge in [0, 0.05) is 23.4 Å². The number of aliphatic hydroxyl groups is 1. The Hall–Kier alpha value is -0.130. The number of unbranched alkanes of at least 4 members (excludes halogenated alkanes) is 2. The zero-order chi connectivity index (χ0) is 11.8. The quantitative estimate of drug-likeness (QED) is 0.629. The van der Waals surface area contributed by atoms with Gasteiger partial charge in [-0.1, -0.05) is 11.6 Å². The molecule has 1 rings (SSSR count). The molecule has 0 spiro atoms. The maximum absolute atomic E-state index is 8.65. The summed E-state index contributed by atoms with van der Waals surface area (Å²) in [5, 5.41) is 14.8. The van der Waals surface area contributed by atoms with Gasteiger partial charge in [-0.2, -0.15) is 0 Å². The molecule has 5 heteroatoms. The van der Waals surface area contributed by atoms with E-state index in [0.29, 0.717) is 6.54 Å². The van der Waals surface area contributed by atoms with Crippen LogP contribution in [0.5, 0.6) is 0 Å². The molecule has 0 amide bonds. The van der Waals surface area contributed by atoms with Gasteiger partial charge in [-0.05, 0) is 31.9 Å². The van der Waals surface area contributed by atoms with Crippen LogP contribution in [0.1, 0.15) is 30.2 Å². The van der Waals surface area contributed by atoms with Crippen LogP contribution >= 0.6 is 22.9 Å². The van der Waals surface area contributed by atoms with Crippen LogP contribution in [0, 0.1) is 0 Å². The first kappa shape index (κ1) is 13.9. The Bertz CT molecular complexity index is 293. The van der Waals surface area contributed by atoms with Crippen LogP contribution < -0.4 is 11.1 Å². The molecule has 1 heterocycles. The van der Waals surface area contributed by atoms with Gasteiger partial charge in [0.2, 0.25) is 0 Å². The molecule has 1 unspecified atom stereocenters. The van der Waals surface area contributed by atoms with Gasteiger partial charge < -0.3 is 16.2 Å². The van der Waals surface area contributed by atoms with Gasteiger partial charge in [-0.15, -0.1) is 11.3 Å². The lowest BCUT2D eigenvalue weighted by molar-refractivity contribution is 0.282. The van der Waals surface area contributed by atoms with Crippen molar-refractivity contribution >= 4 is 22.9 Å². The summed E-state index contributed by atoms with van der Waals surface area (Å²) in [5.74, 6) is 0. The van der Waals surface area contributed by atoms with Gasteiger partial charge in [0.25, 0.3) is 0 Å². The highest BCUT2D eigenvalue weighted by atomic mass is 35.5. The van der Waals surface area contributed by atoms with Crippen molar-refractivity contribution in [3.63, 3.8) is 0 Å². The maximum Gasteiger partial charge on any atom is 0.0539 e. The van der Waals surface area contributed by atoms with Crippen molar-refractivity contribution in [3.05, 3.63) is 21.3 Å². The molecule has 0 saturated carbocycles. The van der Waals surface area contributed by atoms with Crippen molar-refractivity contribution < 1.29 is 5.11 Å². The highest BCUT2D eigenvalue weighted by molar-refractivity contribution is 7.10. The van der Waals surface area contributed by atoms with E-state index >= 15 is 0 Å². The first-order valence-electron chi connectivity index (χ1n) is 5.56. The predicted molar refractivity (Wildman–Crippen MR) is 70.1 cm³/mol. The monoisotopic (exact) mass is 262 g/mol. The number of halogens is 1. The second-order valence-electron chi connectivity index (χ2n) is 3.69. The molecular formula is C11H19ClN2OS. The Labute approximate surface area is 106 Å². The Morgan fingerprint density at radius 3 is 2.81 bits per heavy atom. The van der Waals surface area contributed by atoms with E-state index in [4.69, 9.17) is 22.4 Å². The van der Waals surface area contributed by atoms with Crippen molar-refractivity contribution in [2.45, 2.75) is 25.3 Å². The molecule has 16 heavy (non-hydrogen) atoms. The third-order valence-electron chi connectivity index (χ3n) is 2.39. The second-order valence-corrected chi connectivity index (χ2v) is 5.07. The highest BCUT2D eigenvalue weighted by Crippen LogP contribution is 2.24. The molecule has 4 N–H and O–H groups in total. The largest absolute Gasteiger partial charge is 0.396 e. The zero-order valence-electron chi connectivity index (χ0n) is 9.29. The molecule has 0 bridgehead atoms. The number of nitrogens with one attached hydrogen (secondary N) is 1. The van der Waals surface area contributed by atoms with Crippen LogP contribution in [0.4, 0.5) is 0 Å².